The van der Waals surface area contributed by atoms with Crippen molar-refractivity contribution in [2.24, 2.45) is 5.41 Å². The fraction of sp³-hybridized carbons (Fsp3) is 0.306. The van der Waals surface area contributed by atoms with Gasteiger partial charge in [0.05, 0.1) is 40.5 Å². The normalized spacial score (nSPS) is 13.9. The highest BCUT2D eigenvalue weighted by atomic mass is 19.1. The second-order valence-electron chi connectivity index (χ2n) is 13.3. The summed E-state index contributed by atoms with van der Waals surface area (Å²) in [5.41, 5.74) is 7.00. The molecule has 11 heteroatoms. The number of anilines is 1. The number of pyridine rings is 3. The van der Waals surface area contributed by atoms with Crippen molar-refractivity contribution in [2.75, 3.05) is 31.6 Å². The highest BCUT2D eigenvalue weighted by Crippen LogP contribution is 2.35. The van der Waals surface area contributed by atoms with Crippen LogP contribution in [0.4, 0.5) is 10.1 Å². The zero-order chi connectivity index (χ0) is 32.5. The van der Waals surface area contributed by atoms with Gasteiger partial charge in [0.1, 0.15) is 29.4 Å². The molecule has 0 saturated carbocycles. The Kier molecular flexibility index (Phi) is 8.15. The van der Waals surface area contributed by atoms with E-state index in [1.807, 2.05) is 51.1 Å². The molecule has 0 radical (unpaired) electrons. The fourth-order valence-corrected chi connectivity index (χ4v) is 6.09. The lowest BCUT2D eigenvalue weighted by molar-refractivity contribution is -0.117. The van der Waals surface area contributed by atoms with Gasteiger partial charge < -0.3 is 15.0 Å². The van der Waals surface area contributed by atoms with E-state index in [1.165, 1.54) is 25.0 Å². The average Bonchev–Trinajstić information content (AvgIpc) is 3.79. The van der Waals surface area contributed by atoms with Crippen molar-refractivity contribution in [1.82, 2.24) is 35.0 Å². The molecule has 7 rings (SSSR count). The number of hydrogen-bond donors (Lipinski definition) is 3. The number of rotatable bonds is 9. The van der Waals surface area contributed by atoms with Gasteiger partial charge in [-0.05, 0) is 73.3 Å². The van der Waals surface area contributed by atoms with Crippen LogP contribution in [0.3, 0.4) is 0 Å². The molecule has 0 spiro atoms. The van der Waals surface area contributed by atoms with Gasteiger partial charge in [-0.25, -0.2) is 9.37 Å². The van der Waals surface area contributed by atoms with Crippen LogP contribution in [0.2, 0.25) is 0 Å². The molecule has 6 heterocycles. The Labute approximate surface area is 271 Å². The van der Waals surface area contributed by atoms with E-state index in [0.29, 0.717) is 46.9 Å². The SMILES string of the molecule is CC(C)(C)CC(=O)Nc1cncc(-c2ccc3[nH]nc(-c4cc5c(-c6cc(F)cc(OCCN7CCCC7)c6)cncc5[nH]4)c3n2)c1. The standard InChI is InChI=1S/C36H37FN8O2/c1-36(2,3)17-33(46)40-25-13-23(18-38-19-25)29-6-7-30-34(42-29)35(44-43-30)31-16-27-28(20-39-21-32(27)41-31)22-12-24(37)15-26(14-22)47-11-10-45-8-4-5-9-45/h6-7,12-16,18-21,41H,4-5,8-11,17H2,1-3H3,(H,40,46)(H,43,44). The average molecular weight is 633 g/mol. The van der Waals surface area contributed by atoms with Gasteiger partial charge >= 0.3 is 0 Å². The Morgan fingerprint density at radius 2 is 1.81 bits per heavy atom. The van der Waals surface area contributed by atoms with E-state index in [-0.39, 0.29) is 17.1 Å². The van der Waals surface area contributed by atoms with Gasteiger partial charge in [-0.2, -0.15) is 5.10 Å². The summed E-state index contributed by atoms with van der Waals surface area (Å²) in [4.78, 5) is 32.0. The van der Waals surface area contributed by atoms with E-state index >= 15 is 0 Å². The molecule has 47 heavy (non-hydrogen) atoms. The van der Waals surface area contributed by atoms with E-state index in [2.05, 4.69) is 35.4 Å². The number of fused-ring (bicyclic) bond motifs is 2. The molecule has 0 aliphatic carbocycles. The van der Waals surface area contributed by atoms with Crippen LogP contribution in [0.1, 0.15) is 40.0 Å². The predicted molar refractivity (Wildman–Crippen MR) is 181 cm³/mol. The molecule has 0 unspecified atom stereocenters. The molecule has 1 aromatic carbocycles. The Morgan fingerprint density at radius 3 is 2.64 bits per heavy atom. The molecule has 240 valence electrons. The summed E-state index contributed by atoms with van der Waals surface area (Å²) in [6.07, 6.45) is 9.66. The third-order valence-electron chi connectivity index (χ3n) is 8.27. The molecule has 0 atom stereocenters. The number of benzene rings is 1. The highest BCUT2D eigenvalue weighted by Gasteiger charge is 2.19. The summed E-state index contributed by atoms with van der Waals surface area (Å²) in [6.45, 7) is 9.59. The lowest BCUT2D eigenvalue weighted by Gasteiger charge is -2.17. The summed E-state index contributed by atoms with van der Waals surface area (Å²) in [5, 5.41) is 11.5. The van der Waals surface area contributed by atoms with Gasteiger partial charge in [-0.3, -0.25) is 24.8 Å². The minimum Gasteiger partial charge on any atom is -0.492 e. The summed E-state index contributed by atoms with van der Waals surface area (Å²) in [6, 6.07) is 12.5. The van der Waals surface area contributed by atoms with Gasteiger partial charge in [0.2, 0.25) is 5.91 Å². The second-order valence-corrected chi connectivity index (χ2v) is 13.3. The zero-order valence-corrected chi connectivity index (χ0v) is 26.7. The third kappa shape index (κ3) is 6.85. The van der Waals surface area contributed by atoms with Crippen LogP contribution < -0.4 is 10.1 Å². The van der Waals surface area contributed by atoms with E-state index < -0.39 is 0 Å². The van der Waals surface area contributed by atoms with E-state index in [9.17, 15) is 9.18 Å². The van der Waals surface area contributed by atoms with Crippen molar-refractivity contribution < 1.29 is 13.9 Å². The summed E-state index contributed by atoms with van der Waals surface area (Å²) >= 11 is 0. The highest BCUT2D eigenvalue weighted by molar-refractivity contribution is 6.00. The third-order valence-corrected chi connectivity index (χ3v) is 8.27. The lowest BCUT2D eigenvalue weighted by atomic mass is 9.92. The molecule has 1 aliphatic heterocycles. The largest absolute Gasteiger partial charge is 0.492 e. The Balaban J connectivity index is 1.17. The number of nitrogens with zero attached hydrogens (tertiary/aromatic N) is 5. The molecule has 10 nitrogen and oxygen atoms in total. The van der Waals surface area contributed by atoms with Crippen LogP contribution in [0, 0.1) is 11.2 Å². The van der Waals surface area contributed by atoms with Gasteiger partial charge in [0, 0.05) is 47.9 Å². The number of nitrogens with one attached hydrogen (secondary N) is 3. The molecule has 1 aliphatic rings. The maximum Gasteiger partial charge on any atom is 0.224 e. The van der Waals surface area contributed by atoms with Crippen LogP contribution in [-0.4, -0.2) is 67.2 Å². The number of H-pyrrole nitrogens is 2. The van der Waals surface area contributed by atoms with E-state index in [4.69, 9.17) is 9.72 Å². The number of amides is 1. The van der Waals surface area contributed by atoms with Crippen molar-refractivity contribution in [1.29, 1.82) is 0 Å². The van der Waals surface area contributed by atoms with E-state index in [1.54, 1.807) is 24.8 Å². The molecule has 1 saturated heterocycles. The first-order valence-electron chi connectivity index (χ1n) is 15.9. The number of aromatic amines is 2. The van der Waals surface area contributed by atoms with Crippen molar-refractivity contribution >= 4 is 33.5 Å². The Morgan fingerprint density at radius 1 is 0.979 bits per heavy atom. The number of aromatic nitrogens is 6. The number of carbonyl (C=O) groups is 1. The molecule has 3 N–H and O–H groups in total. The molecular formula is C36H37FN8O2. The number of hydrogen-bond acceptors (Lipinski definition) is 7. The van der Waals surface area contributed by atoms with Crippen LogP contribution in [0.25, 0.3) is 55.7 Å². The van der Waals surface area contributed by atoms with Crippen molar-refractivity contribution in [3.8, 4) is 39.5 Å². The van der Waals surface area contributed by atoms with Gasteiger partial charge in [0.25, 0.3) is 0 Å². The quantitative estimate of drug-likeness (QED) is 0.154. The zero-order valence-electron chi connectivity index (χ0n) is 26.7. The number of ether oxygens (including phenoxy) is 1. The molecular weight excluding hydrogens is 595 g/mol. The van der Waals surface area contributed by atoms with Crippen LogP contribution in [0.5, 0.6) is 5.75 Å². The molecule has 0 bridgehead atoms. The van der Waals surface area contributed by atoms with Gasteiger partial charge in [-0.1, -0.05) is 20.8 Å². The second kappa shape index (κ2) is 12.6. The maximum absolute atomic E-state index is 14.8. The lowest BCUT2D eigenvalue weighted by Crippen LogP contribution is -2.25. The first-order valence-corrected chi connectivity index (χ1v) is 15.9. The fourth-order valence-electron chi connectivity index (χ4n) is 6.09. The molecule has 6 aromatic rings. The van der Waals surface area contributed by atoms with Crippen molar-refractivity contribution in [3.05, 3.63) is 73.1 Å². The minimum atomic E-state index is -0.367. The monoisotopic (exact) mass is 632 g/mol. The number of halogens is 1. The first-order chi connectivity index (χ1) is 22.7. The van der Waals surface area contributed by atoms with E-state index in [0.717, 1.165) is 52.9 Å². The molecule has 5 aromatic heterocycles. The predicted octanol–water partition coefficient (Wildman–Crippen LogP) is 7.22. The number of carbonyl (C=O) groups excluding carboxylic acids is 1. The van der Waals surface area contributed by atoms with Crippen molar-refractivity contribution in [3.63, 3.8) is 0 Å². The Bertz CT molecular complexity index is 2070. The molecule has 1 fully saturated rings. The minimum absolute atomic E-state index is 0.0656. The maximum atomic E-state index is 14.8. The molecule has 1 amide bonds. The van der Waals surface area contributed by atoms with Crippen LogP contribution >= 0.6 is 0 Å². The van der Waals surface area contributed by atoms with Gasteiger partial charge in [-0.15, -0.1) is 0 Å². The first kappa shape index (κ1) is 30.5. The van der Waals surface area contributed by atoms with Crippen molar-refractivity contribution in [2.45, 2.75) is 40.0 Å². The smallest absolute Gasteiger partial charge is 0.224 e. The van der Waals surface area contributed by atoms with Crippen LogP contribution in [0.15, 0.2) is 67.3 Å². The van der Waals surface area contributed by atoms with Gasteiger partial charge in [0.15, 0.2) is 0 Å². The number of likely N-dealkylation sites (tertiary alicyclic amines) is 1. The summed E-state index contributed by atoms with van der Waals surface area (Å²) < 4.78 is 20.8. The topological polar surface area (TPSA) is 125 Å². The van der Waals surface area contributed by atoms with Crippen LogP contribution in [-0.2, 0) is 4.79 Å². The summed E-state index contributed by atoms with van der Waals surface area (Å²) in [7, 11) is 0. The summed E-state index contributed by atoms with van der Waals surface area (Å²) in [5.74, 6) is 0.0623. The Hall–Kier alpha value is -5.16.